The number of carbonyl (C=O) groups excluding carboxylic acids is 1. The largest absolute Gasteiger partial charge is 0.384 e. The second-order valence-electron chi connectivity index (χ2n) is 2.79. The van der Waals surface area contributed by atoms with Gasteiger partial charge in [0.25, 0.3) is 5.91 Å². The van der Waals surface area contributed by atoms with Crippen molar-refractivity contribution >= 4 is 27.5 Å². The van der Waals surface area contributed by atoms with Crippen LogP contribution < -0.4 is 5.32 Å². The predicted molar refractivity (Wildman–Crippen MR) is 54.4 cm³/mol. The SMILES string of the molecule is CC(O)C(=O)Nc1ccc(Br)cc1F. The molecule has 0 aliphatic rings. The van der Waals surface area contributed by atoms with Crippen LogP contribution in [0.25, 0.3) is 0 Å². The van der Waals surface area contributed by atoms with Gasteiger partial charge in [-0.3, -0.25) is 4.79 Å². The highest BCUT2D eigenvalue weighted by molar-refractivity contribution is 9.10. The molecule has 1 amide bonds. The quantitative estimate of drug-likeness (QED) is 0.855. The van der Waals surface area contributed by atoms with Crippen molar-refractivity contribution in [1.82, 2.24) is 0 Å². The van der Waals surface area contributed by atoms with Crippen LogP contribution >= 0.6 is 15.9 Å². The van der Waals surface area contributed by atoms with E-state index < -0.39 is 17.8 Å². The van der Waals surface area contributed by atoms with E-state index in [-0.39, 0.29) is 5.69 Å². The van der Waals surface area contributed by atoms with Gasteiger partial charge in [0.05, 0.1) is 5.69 Å². The summed E-state index contributed by atoms with van der Waals surface area (Å²) in [5.41, 5.74) is 0.0547. The van der Waals surface area contributed by atoms with Gasteiger partial charge in [-0.15, -0.1) is 0 Å². The van der Waals surface area contributed by atoms with Crippen LogP contribution in [0.5, 0.6) is 0 Å². The lowest BCUT2D eigenvalue weighted by molar-refractivity contribution is -0.123. The number of amides is 1. The standard InChI is InChI=1S/C9H9BrFNO2/c1-5(13)9(14)12-8-3-2-6(10)4-7(8)11/h2-5,13H,1H3,(H,12,14). The average Bonchev–Trinajstić information content (AvgIpc) is 2.09. The van der Waals surface area contributed by atoms with Gasteiger partial charge >= 0.3 is 0 Å². The molecule has 0 aliphatic heterocycles. The molecule has 0 saturated heterocycles. The maximum atomic E-state index is 13.1. The minimum absolute atomic E-state index is 0.0547. The first-order chi connectivity index (χ1) is 6.50. The van der Waals surface area contributed by atoms with Crippen LogP contribution in [0.1, 0.15) is 6.92 Å². The molecule has 0 fully saturated rings. The van der Waals surface area contributed by atoms with E-state index in [0.717, 1.165) is 0 Å². The Labute approximate surface area is 89.1 Å². The zero-order chi connectivity index (χ0) is 10.7. The Kier molecular flexibility index (Phi) is 3.60. The average molecular weight is 262 g/mol. The van der Waals surface area contributed by atoms with Crippen LogP contribution in [0.4, 0.5) is 10.1 Å². The zero-order valence-electron chi connectivity index (χ0n) is 7.42. The lowest BCUT2D eigenvalue weighted by Crippen LogP contribution is -2.24. The van der Waals surface area contributed by atoms with Crippen molar-refractivity contribution in [1.29, 1.82) is 0 Å². The summed E-state index contributed by atoms with van der Waals surface area (Å²) in [4.78, 5) is 11.0. The molecule has 0 spiro atoms. The van der Waals surface area contributed by atoms with Crippen LogP contribution in [0.3, 0.4) is 0 Å². The van der Waals surface area contributed by atoms with E-state index in [4.69, 9.17) is 5.11 Å². The van der Waals surface area contributed by atoms with Gasteiger partial charge in [0.15, 0.2) is 0 Å². The Balaban J connectivity index is 2.82. The summed E-state index contributed by atoms with van der Waals surface area (Å²) in [5.74, 6) is -1.18. The molecule has 1 atom stereocenters. The summed E-state index contributed by atoms with van der Waals surface area (Å²) in [6.07, 6.45) is -1.15. The lowest BCUT2D eigenvalue weighted by atomic mass is 10.3. The molecule has 14 heavy (non-hydrogen) atoms. The van der Waals surface area contributed by atoms with Crippen molar-refractivity contribution in [3.63, 3.8) is 0 Å². The van der Waals surface area contributed by atoms with Crippen molar-refractivity contribution < 1.29 is 14.3 Å². The number of halogens is 2. The molecule has 0 heterocycles. The fourth-order valence-electron chi connectivity index (χ4n) is 0.828. The first-order valence-corrected chi connectivity index (χ1v) is 4.74. The highest BCUT2D eigenvalue weighted by Crippen LogP contribution is 2.19. The molecule has 1 aromatic carbocycles. The Bertz CT molecular complexity index is 355. The number of aliphatic hydroxyl groups excluding tert-OH is 1. The molecular weight excluding hydrogens is 253 g/mol. The summed E-state index contributed by atoms with van der Waals surface area (Å²) in [5, 5.41) is 11.1. The minimum atomic E-state index is -1.15. The fraction of sp³-hybridized carbons (Fsp3) is 0.222. The Morgan fingerprint density at radius 2 is 2.29 bits per heavy atom. The number of hydrogen-bond acceptors (Lipinski definition) is 2. The Morgan fingerprint density at radius 1 is 1.64 bits per heavy atom. The van der Waals surface area contributed by atoms with Crippen LogP contribution in [0, 0.1) is 5.82 Å². The molecule has 0 radical (unpaired) electrons. The number of rotatable bonds is 2. The lowest BCUT2D eigenvalue weighted by Gasteiger charge is -2.07. The molecule has 1 aromatic rings. The van der Waals surface area contributed by atoms with Crippen molar-refractivity contribution in [3.05, 3.63) is 28.5 Å². The number of anilines is 1. The molecule has 1 unspecified atom stereocenters. The summed E-state index contributed by atoms with van der Waals surface area (Å²) in [7, 11) is 0. The number of benzene rings is 1. The number of nitrogens with one attached hydrogen (secondary N) is 1. The molecule has 1 rings (SSSR count). The van der Waals surface area contributed by atoms with Crippen LogP contribution in [-0.4, -0.2) is 17.1 Å². The summed E-state index contributed by atoms with van der Waals surface area (Å²) >= 11 is 3.09. The topological polar surface area (TPSA) is 49.3 Å². The van der Waals surface area contributed by atoms with E-state index in [1.165, 1.54) is 19.1 Å². The highest BCUT2D eigenvalue weighted by Gasteiger charge is 2.11. The fourth-order valence-corrected chi connectivity index (χ4v) is 1.16. The molecule has 3 nitrogen and oxygen atoms in total. The zero-order valence-corrected chi connectivity index (χ0v) is 9.01. The van der Waals surface area contributed by atoms with Gasteiger partial charge in [-0.1, -0.05) is 15.9 Å². The second-order valence-corrected chi connectivity index (χ2v) is 3.71. The number of hydrogen-bond donors (Lipinski definition) is 2. The van der Waals surface area contributed by atoms with Crippen molar-refractivity contribution in [2.24, 2.45) is 0 Å². The van der Waals surface area contributed by atoms with E-state index in [1.807, 2.05) is 0 Å². The Hall–Kier alpha value is -0.940. The van der Waals surface area contributed by atoms with Gasteiger partial charge in [0.2, 0.25) is 0 Å². The first kappa shape index (κ1) is 11.1. The molecular formula is C9H9BrFNO2. The molecule has 0 saturated carbocycles. The van der Waals surface area contributed by atoms with E-state index in [9.17, 15) is 9.18 Å². The van der Waals surface area contributed by atoms with Crippen molar-refractivity contribution in [2.45, 2.75) is 13.0 Å². The van der Waals surface area contributed by atoms with Crippen LogP contribution in [0.15, 0.2) is 22.7 Å². The molecule has 76 valence electrons. The third-order valence-corrected chi connectivity index (χ3v) is 2.06. The van der Waals surface area contributed by atoms with Gasteiger partial charge in [0.1, 0.15) is 11.9 Å². The van der Waals surface area contributed by atoms with Gasteiger partial charge in [-0.25, -0.2) is 4.39 Å². The van der Waals surface area contributed by atoms with E-state index in [2.05, 4.69) is 21.2 Å². The number of aliphatic hydroxyl groups is 1. The van der Waals surface area contributed by atoms with Gasteiger partial charge in [-0.05, 0) is 25.1 Å². The third kappa shape index (κ3) is 2.78. The van der Waals surface area contributed by atoms with Crippen LogP contribution in [0.2, 0.25) is 0 Å². The van der Waals surface area contributed by atoms with E-state index in [0.29, 0.717) is 4.47 Å². The third-order valence-electron chi connectivity index (χ3n) is 1.57. The summed E-state index contributed by atoms with van der Waals surface area (Å²) in [6, 6.07) is 4.25. The van der Waals surface area contributed by atoms with Gasteiger partial charge in [0, 0.05) is 4.47 Å². The maximum Gasteiger partial charge on any atom is 0.252 e. The van der Waals surface area contributed by atoms with Gasteiger partial charge < -0.3 is 10.4 Å². The first-order valence-electron chi connectivity index (χ1n) is 3.94. The van der Waals surface area contributed by atoms with Crippen molar-refractivity contribution in [3.8, 4) is 0 Å². The molecule has 0 aromatic heterocycles. The predicted octanol–water partition coefficient (Wildman–Crippen LogP) is 1.91. The van der Waals surface area contributed by atoms with Crippen molar-refractivity contribution in [2.75, 3.05) is 5.32 Å². The summed E-state index contributed by atoms with van der Waals surface area (Å²) in [6.45, 7) is 1.31. The Morgan fingerprint density at radius 3 is 2.79 bits per heavy atom. The highest BCUT2D eigenvalue weighted by atomic mass is 79.9. The van der Waals surface area contributed by atoms with E-state index >= 15 is 0 Å². The van der Waals surface area contributed by atoms with E-state index in [1.54, 1.807) is 6.07 Å². The minimum Gasteiger partial charge on any atom is -0.384 e. The maximum absolute atomic E-state index is 13.1. The monoisotopic (exact) mass is 261 g/mol. The smallest absolute Gasteiger partial charge is 0.252 e. The summed E-state index contributed by atoms with van der Waals surface area (Å²) < 4.78 is 13.7. The number of carbonyl (C=O) groups is 1. The second kappa shape index (κ2) is 4.52. The molecule has 0 aliphatic carbocycles. The molecule has 2 N–H and O–H groups in total. The normalized spacial score (nSPS) is 12.3. The van der Waals surface area contributed by atoms with Crippen LogP contribution in [-0.2, 0) is 4.79 Å². The molecule has 0 bridgehead atoms. The van der Waals surface area contributed by atoms with Gasteiger partial charge in [-0.2, -0.15) is 0 Å². The molecule has 5 heteroatoms.